The van der Waals surface area contributed by atoms with Crippen molar-refractivity contribution in [3.8, 4) is 0 Å². The van der Waals surface area contributed by atoms with E-state index in [1.807, 2.05) is 21.1 Å². The molecule has 0 aromatic rings. The Hall–Kier alpha value is -4.37. The first-order chi connectivity index (χ1) is 45.0. The van der Waals surface area contributed by atoms with Crippen molar-refractivity contribution in [2.24, 2.45) is 0 Å². The maximum absolute atomic E-state index is 12.9. The minimum absolute atomic E-state index is 0.0228. The zero-order valence-corrected chi connectivity index (χ0v) is 60.6. The van der Waals surface area contributed by atoms with Crippen LogP contribution in [0.4, 0.5) is 0 Å². The molecule has 0 fully saturated rings. The first-order valence-corrected chi connectivity index (χ1v) is 38.7. The average Bonchev–Trinajstić information content (AvgIpc) is 2.14. The molecule has 2 unspecified atom stereocenters. The number of phosphoric acid groups is 1. The largest absolute Gasteiger partial charge is 0.472 e. The second-order valence-electron chi connectivity index (χ2n) is 25.6. The monoisotopic (exact) mass is 1300 g/mol. The van der Waals surface area contributed by atoms with Crippen molar-refractivity contribution < 1.29 is 42.1 Å². The summed E-state index contributed by atoms with van der Waals surface area (Å²) in [6.07, 6.45) is 106. The summed E-state index contributed by atoms with van der Waals surface area (Å²) >= 11 is 0. The van der Waals surface area contributed by atoms with Gasteiger partial charge in [0.25, 0.3) is 0 Å². The molecule has 0 radical (unpaired) electrons. The number of likely N-dealkylation sites (N-methyl/N-ethyl adjacent to an activating group) is 1. The van der Waals surface area contributed by atoms with Crippen LogP contribution in [0.5, 0.6) is 0 Å². The van der Waals surface area contributed by atoms with Gasteiger partial charge in [-0.25, -0.2) is 4.57 Å². The van der Waals surface area contributed by atoms with Crippen LogP contribution in [-0.4, -0.2) is 74.9 Å². The minimum Gasteiger partial charge on any atom is -0.462 e. The Morgan fingerprint density at radius 2 is 0.620 bits per heavy atom. The summed E-state index contributed by atoms with van der Waals surface area (Å²) in [4.78, 5) is 35.9. The molecule has 0 aromatic carbocycles. The first kappa shape index (κ1) is 87.6. The fraction of sp³-hybridized carbons (Fsp3) is 0.659. The third-order valence-corrected chi connectivity index (χ3v) is 16.5. The number of ether oxygens (including phenoxy) is 2. The fourth-order valence-corrected chi connectivity index (χ4v) is 10.6. The molecule has 0 saturated carbocycles. The Morgan fingerprint density at radius 3 is 0.924 bits per heavy atom. The van der Waals surface area contributed by atoms with Crippen molar-refractivity contribution >= 4 is 19.8 Å². The van der Waals surface area contributed by atoms with Crippen molar-refractivity contribution in [1.29, 1.82) is 0 Å². The van der Waals surface area contributed by atoms with Gasteiger partial charge in [-0.3, -0.25) is 18.6 Å². The molecule has 92 heavy (non-hydrogen) atoms. The van der Waals surface area contributed by atoms with Gasteiger partial charge in [0.05, 0.1) is 27.7 Å². The molecule has 0 aliphatic heterocycles. The summed E-state index contributed by atoms with van der Waals surface area (Å²) in [5, 5.41) is 0. The fourth-order valence-electron chi connectivity index (χ4n) is 9.88. The third-order valence-electron chi connectivity index (χ3n) is 15.5. The summed E-state index contributed by atoms with van der Waals surface area (Å²) in [7, 11) is 1.46. The second kappa shape index (κ2) is 70.9. The molecule has 1 N–H and O–H groups in total. The van der Waals surface area contributed by atoms with Crippen LogP contribution >= 0.6 is 7.82 Å². The van der Waals surface area contributed by atoms with Crippen LogP contribution in [0.25, 0.3) is 0 Å². The Bertz CT molecular complexity index is 2110. The number of esters is 2. The molecule has 0 heterocycles. The van der Waals surface area contributed by atoms with Crippen molar-refractivity contribution in [2.45, 2.75) is 302 Å². The van der Waals surface area contributed by atoms with Crippen LogP contribution in [0, 0.1) is 0 Å². The number of phosphoric ester groups is 1. The van der Waals surface area contributed by atoms with E-state index in [-0.39, 0.29) is 32.0 Å². The number of rotatable bonds is 67. The highest BCUT2D eigenvalue weighted by molar-refractivity contribution is 7.47. The summed E-state index contributed by atoms with van der Waals surface area (Å²) < 4.78 is 34.7. The molecule has 10 heteroatoms. The Labute approximate surface area is 566 Å². The maximum atomic E-state index is 12.9. The summed E-state index contributed by atoms with van der Waals surface area (Å²) in [6.45, 7) is 4.30. The smallest absolute Gasteiger partial charge is 0.462 e. The number of hydrogen-bond acceptors (Lipinski definition) is 7. The molecule has 0 aliphatic rings. The van der Waals surface area contributed by atoms with Crippen LogP contribution in [0.3, 0.4) is 0 Å². The predicted octanol–water partition coefficient (Wildman–Crippen LogP) is 24.7. The predicted molar refractivity (Wildman–Crippen MR) is 399 cm³/mol. The molecule has 0 spiro atoms. The van der Waals surface area contributed by atoms with Gasteiger partial charge in [-0.05, 0) is 128 Å². The van der Waals surface area contributed by atoms with Crippen LogP contribution in [0.1, 0.15) is 296 Å². The zero-order chi connectivity index (χ0) is 66.9. The molecule has 9 nitrogen and oxygen atoms in total. The molecule has 0 aromatic heterocycles. The average molecular weight is 1300 g/mol. The summed E-state index contributed by atoms with van der Waals surface area (Å²) in [6, 6.07) is 0. The Kier molecular flexibility index (Phi) is 67.6. The molecule has 0 saturated heterocycles. The lowest BCUT2D eigenvalue weighted by atomic mass is 10.0. The number of quaternary nitrogens is 1. The zero-order valence-electron chi connectivity index (χ0n) is 59.7. The molecule has 0 bridgehead atoms. The van der Waals surface area contributed by atoms with Gasteiger partial charge in [-0.1, -0.05) is 313 Å². The molecule has 2 atom stereocenters. The number of allylic oxidation sites excluding steroid dienone is 26. The van der Waals surface area contributed by atoms with Gasteiger partial charge < -0.3 is 18.9 Å². The third kappa shape index (κ3) is 74.7. The van der Waals surface area contributed by atoms with E-state index in [0.717, 1.165) is 122 Å². The number of carbonyl (C=O) groups is 2. The first-order valence-electron chi connectivity index (χ1n) is 37.2. The highest BCUT2D eigenvalue weighted by atomic mass is 31.2. The standard InChI is InChI=1S/C82H138NO8P/c1-6-8-10-12-14-16-18-20-22-24-26-28-30-32-34-36-37-38-39-40-41-42-43-44-45-47-49-51-53-55-57-59-61-63-65-67-69-71-73-75-82(85)91-80(79-90-92(86,87)89-77-76-83(3,4)5)78-88-81(84)74-72-70-68-66-64-62-60-58-56-54-52-50-48-46-35-33-31-29-27-25-23-21-19-17-15-13-11-9-7-2/h8,10,14,16,19-22,25-28,31-34,37-38,40-41,43-44,47,49,53,55,80H,6-7,9,11-13,15,17-18,23-24,29-30,35-36,39,42,45-46,48,50-52,54,56-79H2,1-5H3/p+1/b10-8-,16-14-,21-19-,22-20-,27-25-,28-26-,33-31-,34-32-,38-37-,41-40-,44-43-,49-47-,55-53-. The molecule has 524 valence electrons. The van der Waals surface area contributed by atoms with E-state index in [1.165, 1.54) is 141 Å². The Balaban J connectivity index is 4.11. The van der Waals surface area contributed by atoms with Crippen LogP contribution in [0.2, 0.25) is 0 Å². The van der Waals surface area contributed by atoms with E-state index < -0.39 is 26.5 Å². The van der Waals surface area contributed by atoms with Crippen LogP contribution in [0.15, 0.2) is 158 Å². The lowest BCUT2D eigenvalue weighted by Gasteiger charge is -2.24. The van der Waals surface area contributed by atoms with Gasteiger partial charge in [-0.2, -0.15) is 0 Å². The van der Waals surface area contributed by atoms with Crippen molar-refractivity contribution in [1.82, 2.24) is 0 Å². The van der Waals surface area contributed by atoms with E-state index in [1.54, 1.807) is 0 Å². The highest BCUT2D eigenvalue weighted by Crippen LogP contribution is 2.43. The van der Waals surface area contributed by atoms with E-state index >= 15 is 0 Å². The van der Waals surface area contributed by atoms with E-state index in [0.29, 0.717) is 17.4 Å². The Morgan fingerprint density at radius 1 is 0.348 bits per heavy atom. The second-order valence-corrected chi connectivity index (χ2v) is 27.0. The molecule has 0 amide bonds. The number of carbonyl (C=O) groups excluding carboxylic acids is 2. The van der Waals surface area contributed by atoms with Crippen LogP contribution < -0.4 is 0 Å². The lowest BCUT2D eigenvalue weighted by Crippen LogP contribution is -2.37. The molecular weight excluding hydrogens is 1160 g/mol. The van der Waals surface area contributed by atoms with Crippen molar-refractivity contribution in [3.63, 3.8) is 0 Å². The van der Waals surface area contributed by atoms with Gasteiger partial charge in [0.1, 0.15) is 19.8 Å². The molecule has 0 aliphatic carbocycles. The SMILES string of the molecule is CC/C=C\C/C=C\C/C=C\C/C=C\C/C=C\C/C=C\C/C=C\C/C=C\C/C=C\C/C=C\CCCCCCCCCCC(=O)OC(COC(=O)CCCCCCCCCCCCCCCC/C=C\C/C=C\C/C=C\CCCCCCC)COP(=O)(O)OCC[N+](C)(C)C. The minimum atomic E-state index is -4.41. The van der Waals surface area contributed by atoms with Gasteiger partial charge in [0.2, 0.25) is 0 Å². The molecular formula is C82H139NO8P+. The van der Waals surface area contributed by atoms with Gasteiger partial charge in [0, 0.05) is 12.8 Å². The molecule has 0 rings (SSSR count). The van der Waals surface area contributed by atoms with E-state index in [4.69, 9.17) is 18.5 Å². The number of nitrogens with zero attached hydrogens (tertiary/aromatic N) is 1. The van der Waals surface area contributed by atoms with Crippen LogP contribution in [-0.2, 0) is 32.7 Å². The highest BCUT2D eigenvalue weighted by Gasteiger charge is 2.27. The summed E-state index contributed by atoms with van der Waals surface area (Å²) in [5.41, 5.74) is 0. The van der Waals surface area contributed by atoms with E-state index in [9.17, 15) is 19.0 Å². The van der Waals surface area contributed by atoms with Crippen molar-refractivity contribution in [2.75, 3.05) is 47.5 Å². The van der Waals surface area contributed by atoms with Gasteiger partial charge >= 0.3 is 19.8 Å². The number of hydrogen-bond donors (Lipinski definition) is 1. The van der Waals surface area contributed by atoms with Crippen molar-refractivity contribution in [3.05, 3.63) is 158 Å². The normalized spacial score (nSPS) is 14.0. The quantitative estimate of drug-likeness (QED) is 0.0211. The van der Waals surface area contributed by atoms with Gasteiger partial charge in [0.15, 0.2) is 6.10 Å². The topological polar surface area (TPSA) is 108 Å². The summed E-state index contributed by atoms with van der Waals surface area (Å²) in [5.74, 6) is -0.810. The maximum Gasteiger partial charge on any atom is 0.472 e. The number of unbranched alkanes of at least 4 members (excludes halogenated alkanes) is 27. The lowest BCUT2D eigenvalue weighted by molar-refractivity contribution is -0.870. The van der Waals surface area contributed by atoms with Gasteiger partial charge in [-0.15, -0.1) is 0 Å². The van der Waals surface area contributed by atoms with E-state index in [2.05, 4.69) is 172 Å².